The minimum absolute atomic E-state index is 0.113. The van der Waals surface area contributed by atoms with Gasteiger partial charge in [-0.05, 0) is 18.3 Å². The van der Waals surface area contributed by atoms with E-state index in [1.165, 1.54) is 0 Å². The van der Waals surface area contributed by atoms with Crippen molar-refractivity contribution >= 4 is 5.91 Å². The summed E-state index contributed by atoms with van der Waals surface area (Å²) in [7, 11) is 0. The molecule has 0 saturated carbocycles. The van der Waals surface area contributed by atoms with Crippen molar-refractivity contribution in [2.75, 3.05) is 13.2 Å². The Hall–Kier alpha value is -0.570. The van der Waals surface area contributed by atoms with E-state index in [1.54, 1.807) is 0 Å². The van der Waals surface area contributed by atoms with Crippen molar-refractivity contribution < 1.29 is 9.53 Å². The van der Waals surface area contributed by atoms with Crippen LogP contribution in [-0.2, 0) is 9.53 Å². The predicted molar refractivity (Wildman–Crippen MR) is 49.3 cm³/mol. The molecule has 3 heteroatoms. The molecular formula is C10H17NO2. The molecule has 2 heterocycles. The second kappa shape index (κ2) is 2.98. The predicted octanol–water partition coefficient (Wildman–Crippen LogP) is 0.938. The van der Waals surface area contributed by atoms with Gasteiger partial charge in [0.15, 0.2) is 0 Å². The van der Waals surface area contributed by atoms with E-state index in [0.717, 1.165) is 26.0 Å². The van der Waals surface area contributed by atoms with Crippen LogP contribution in [0.2, 0.25) is 0 Å². The molecule has 0 unspecified atom stereocenters. The van der Waals surface area contributed by atoms with Crippen molar-refractivity contribution in [1.29, 1.82) is 0 Å². The van der Waals surface area contributed by atoms with Gasteiger partial charge in [0.2, 0.25) is 5.91 Å². The number of fused-ring (bicyclic) bond motifs is 1. The normalized spacial score (nSPS) is 37.8. The lowest BCUT2D eigenvalue weighted by Crippen LogP contribution is -2.33. The smallest absolute Gasteiger partial charge is 0.225 e. The maximum Gasteiger partial charge on any atom is 0.225 e. The van der Waals surface area contributed by atoms with E-state index in [0.29, 0.717) is 0 Å². The van der Waals surface area contributed by atoms with Gasteiger partial charge in [0.05, 0.1) is 12.0 Å². The second-order valence-electron chi connectivity index (χ2n) is 4.89. The molecule has 13 heavy (non-hydrogen) atoms. The third-order valence-electron chi connectivity index (χ3n) is 3.04. The van der Waals surface area contributed by atoms with Crippen LogP contribution in [0.5, 0.6) is 0 Å². The average molecular weight is 183 g/mol. The number of rotatable bonds is 0. The number of carbonyl (C=O) groups excluding carboxylic acids is 1. The van der Waals surface area contributed by atoms with Crippen LogP contribution in [-0.4, -0.2) is 25.2 Å². The zero-order chi connectivity index (χ0) is 9.47. The summed E-state index contributed by atoms with van der Waals surface area (Å²) in [5.74, 6) is 0.301. The monoisotopic (exact) mass is 183 g/mol. The van der Waals surface area contributed by atoms with Crippen LogP contribution in [0.15, 0.2) is 0 Å². The molecule has 74 valence electrons. The maximum atomic E-state index is 11.6. The molecule has 0 radical (unpaired) electrons. The van der Waals surface area contributed by atoms with Crippen LogP contribution in [0.4, 0.5) is 0 Å². The molecule has 2 aliphatic rings. The summed E-state index contributed by atoms with van der Waals surface area (Å²) < 4.78 is 5.58. The molecule has 0 aromatic carbocycles. The van der Waals surface area contributed by atoms with E-state index in [1.807, 2.05) is 0 Å². The Morgan fingerprint density at radius 3 is 3.08 bits per heavy atom. The zero-order valence-corrected chi connectivity index (χ0v) is 8.30. The molecule has 0 spiro atoms. The molecule has 0 aliphatic carbocycles. The van der Waals surface area contributed by atoms with Gasteiger partial charge in [0.25, 0.3) is 0 Å². The first-order valence-corrected chi connectivity index (χ1v) is 4.98. The Morgan fingerprint density at radius 2 is 2.31 bits per heavy atom. The highest BCUT2D eigenvalue weighted by Crippen LogP contribution is 2.34. The molecule has 2 atom stereocenters. The highest BCUT2D eigenvalue weighted by Gasteiger charge is 2.40. The van der Waals surface area contributed by atoms with Crippen molar-refractivity contribution in [3.63, 3.8) is 0 Å². The molecule has 1 N–H and O–H groups in total. The van der Waals surface area contributed by atoms with Crippen molar-refractivity contribution in [2.45, 2.75) is 32.8 Å². The van der Waals surface area contributed by atoms with Crippen LogP contribution in [0.3, 0.4) is 0 Å². The standard InChI is InChI=1S/C10H17NO2/c1-10(2)5-8-7(3-4-13-8)9(12)11-6-10/h7-8H,3-6H2,1-2H3,(H,11,12)/t7-,8-/m1/s1. The quantitative estimate of drug-likeness (QED) is 0.607. The van der Waals surface area contributed by atoms with Gasteiger partial charge in [-0.3, -0.25) is 4.79 Å². The first-order valence-electron chi connectivity index (χ1n) is 4.98. The van der Waals surface area contributed by atoms with E-state index in [9.17, 15) is 4.79 Å². The summed E-state index contributed by atoms with van der Waals surface area (Å²) in [6.07, 6.45) is 2.06. The van der Waals surface area contributed by atoms with Gasteiger partial charge in [-0.25, -0.2) is 0 Å². The number of carbonyl (C=O) groups is 1. The third kappa shape index (κ3) is 1.70. The fourth-order valence-corrected chi connectivity index (χ4v) is 2.22. The third-order valence-corrected chi connectivity index (χ3v) is 3.04. The van der Waals surface area contributed by atoms with Crippen molar-refractivity contribution in [1.82, 2.24) is 5.32 Å². The molecule has 1 amide bonds. The molecule has 2 aliphatic heterocycles. The van der Waals surface area contributed by atoms with Gasteiger partial charge in [0.1, 0.15) is 0 Å². The molecule has 3 nitrogen and oxygen atoms in total. The summed E-state index contributed by atoms with van der Waals surface area (Å²) >= 11 is 0. The Kier molecular flexibility index (Phi) is 2.06. The fourth-order valence-electron chi connectivity index (χ4n) is 2.22. The maximum absolute atomic E-state index is 11.6. The van der Waals surface area contributed by atoms with Crippen LogP contribution >= 0.6 is 0 Å². The van der Waals surface area contributed by atoms with Crippen molar-refractivity contribution in [3.8, 4) is 0 Å². The highest BCUT2D eigenvalue weighted by atomic mass is 16.5. The van der Waals surface area contributed by atoms with Crippen LogP contribution in [0, 0.1) is 11.3 Å². The summed E-state index contributed by atoms with van der Waals surface area (Å²) in [6, 6.07) is 0. The van der Waals surface area contributed by atoms with Gasteiger partial charge in [-0.15, -0.1) is 0 Å². The number of hydrogen-bond donors (Lipinski definition) is 1. The first-order chi connectivity index (χ1) is 6.08. The highest BCUT2D eigenvalue weighted by molar-refractivity contribution is 5.79. The zero-order valence-electron chi connectivity index (χ0n) is 8.30. The number of hydrogen-bond acceptors (Lipinski definition) is 2. The minimum atomic E-state index is 0.113. The summed E-state index contributed by atoms with van der Waals surface area (Å²) in [5, 5.41) is 2.99. The topological polar surface area (TPSA) is 38.3 Å². The van der Waals surface area contributed by atoms with Crippen LogP contribution < -0.4 is 5.32 Å². The Bertz CT molecular complexity index is 225. The van der Waals surface area contributed by atoms with E-state index in [-0.39, 0.29) is 23.3 Å². The lowest BCUT2D eigenvalue weighted by molar-refractivity contribution is -0.125. The first kappa shape index (κ1) is 9.00. The summed E-state index contributed by atoms with van der Waals surface area (Å²) in [5.41, 5.74) is 0.180. The number of amides is 1. The van der Waals surface area contributed by atoms with Crippen molar-refractivity contribution in [3.05, 3.63) is 0 Å². The SMILES string of the molecule is CC1(C)CNC(=O)[C@@H]2CCO[C@@H]2C1. The number of nitrogens with one attached hydrogen (secondary N) is 1. The molecule has 0 aromatic rings. The van der Waals surface area contributed by atoms with Gasteiger partial charge in [0, 0.05) is 13.2 Å². The molecule has 2 rings (SSSR count). The second-order valence-corrected chi connectivity index (χ2v) is 4.89. The summed E-state index contributed by atoms with van der Waals surface area (Å²) in [6.45, 7) is 5.88. The van der Waals surface area contributed by atoms with Gasteiger partial charge >= 0.3 is 0 Å². The van der Waals surface area contributed by atoms with E-state index < -0.39 is 0 Å². The largest absolute Gasteiger partial charge is 0.377 e. The Balaban J connectivity index is 2.16. The lowest BCUT2D eigenvalue weighted by atomic mass is 9.85. The van der Waals surface area contributed by atoms with E-state index in [4.69, 9.17) is 4.74 Å². The minimum Gasteiger partial charge on any atom is -0.377 e. The van der Waals surface area contributed by atoms with Gasteiger partial charge < -0.3 is 10.1 Å². The molecule has 2 fully saturated rings. The molecule has 0 bridgehead atoms. The number of ether oxygens (including phenoxy) is 1. The lowest BCUT2D eigenvalue weighted by Gasteiger charge is -2.24. The fraction of sp³-hybridized carbons (Fsp3) is 0.900. The Labute approximate surface area is 78.8 Å². The van der Waals surface area contributed by atoms with Crippen LogP contribution in [0.25, 0.3) is 0 Å². The van der Waals surface area contributed by atoms with Gasteiger partial charge in [-0.1, -0.05) is 13.8 Å². The van der Waals surface area contributed by atoms with Crippen molar-refractivity contribution in [2.24, 2.45) is 11.3 Å². The van der Waals surface area contributed by atoms with E-state index >= 15 is 0 Å². The molecule has 0 aromatic heterocycles. The average Bonchev–Trinajstić information content (AvgIpc) is 2.44. The Morgan fingerprint density at radius 1 is 1.54 bits per heavy atom. The summed E-state index contributed by atoms with van der Waals surface area (Å²) in [4.78, 5) is 11.6. The molecule has 2 saturated heterocycles. The van der Waals surface area contributed by atoms with E-state index in [2.05, 4.69) is 19.2 Å². The van der Waals surface area contributed by atoms with Crippen LogP contribution in [0.1, 0.15) is 26.7 Å². The molecular weight excluding hydrogens is 166 g/mol. The van der Waals surface area contributed by atoms with Gasteiger partial charge in [-0.2, -0.15) is 0 Å².